The molecule has 0 aliphatic heterocycles. The maximum Gasteiger partial charge on any atom is 0.352 e. The first-order chi connectivity index (χ1) is 6.02. The van der Waals surface area contributed by atoms with Gasteiger partial charge in [-0.2, -0.15) is 0 Å². The SMILES string of the molecule is Cc1ccn(CC(C)O)c1C(=O)O. The highest BCUT2D eigenvalue weighted by atomic mass is 16.4. The van der Waals surface area contributed by atoms with Gasteiger partial charge < -0.3 is 14.8 Å². The van der Waals surface area contributed by atoms with Gasteiger partial charge in [0, 0.05) is 12.7 Å². The lowest BCUT2D eigenvalue weighted by Gasteiger charge is -2.08. The van der Waals surface area contributed by atoms with E-state index in [0.717, 1.165) is 0 Å². The fourth-order valence-electron chi connectivity index (χ4n) is 1.31. The van der Waals surface area contributed by atoms with E-state index in [2.05, 4.69) is 0 Å². The van der Waals surface area contributed by atoms with Crippen LogP contribution in [0.5, 0.6) is 0 Å². The van der Waals surface area contributed by atoms with Crippen LogP contribution in [0.25, 0.3) is 0 Å². The highest BCUT2D eigenvalue weighted by molar-refractivity contribution is 5.87. The zero-order valence-corrected chi connectivity index (χ0v) is 7.69. The molecule has 1 aromatic heterocycles. The maximum atomic E-state index is 10.8. The van der Waals surface area contributed by atoms with Crippen molar-refractivity contribution >= 4 is 5.97 Å². The molecule has 0 bridgehead atoms. The Bertz CT molecular complexity index is 315. The van der Waals surface area contributed by atoms with Gasteiger partial charge in [0.2, 0.25) is 0 Å². The van der Waals surface area contributed by atoms with E-state index in [4.69, 9.17) is 10.2 Å². The van der Waals surface area contributed by atoms with Crippen LogP contribution >= 0.6 is 0 Å². The minimum atomic E-state index is -0.955. The van der Waals surface area contributed by atoms with E-state index in [0.29, 0.717) is 12.1 Å². The van der Waals surface area contributed by atoms with Crippen LogP contribution in [-0.4, -0.2) is 26.9 Å². The molecule has 0 aromatic carbocycles. The summed E-state index contributed by atoms with van der Waals surface area (Å²) in [4.78, 5) is 10.8. The van der Waals surface area contributed by atoms with Crippen LogP contribution in [-0.2, 0) is 6.54 Å². The zero-order chi connectivity index (χ0) is 10.0. The van der Waals surface area contributed by atoms with Gasteiger partial charge in [-0.3, -0.25) is 0 Å². The monoisotopic (exact) mass is 183 g/mol. The third-order valence-corrected chi connectivity index (χ3v) is 1.83. The minimum absolute atomic E-state index is 0.251. The second-order valence-corrected chi connectivity index (χ2v) is 3.15. The molecule has 4 heteroatoms. The second-order valence-electron chi connectivity index (χ2n) is 3.15. The van der Waals surface area contributed by atoms with Crippen molar-refractivity contribution < 1.29 is 15.0 Å². The van der Waals surface area contributed by atoms with Gasteiger partial charge in [-0.25, -0.2) is 4.79 Å². The summed E-state index contributed by atoms with van der Waals surface area (Å²) in [6.45, 7) is 3.68. The molecular weight excluding hydrogens is 170 g/mol. The van der Waals surface area contributed by atoms with Crippen molar-refractivity contribution in [3.63, 3.8) is 0 Å². The maximum absolute atomic E-state index is 10.8. The quantitative estimate of drug-likeness (QED) is 0.731. The topological polar surface area (TPSA) is 62.5 Å². The molecule has 72 valence electrons. The molecule has 1 rings (SSSR count). The van der Waals surface area contributed by atoms with Gasteiger partial charge in [-0.05, 0) is 25.5 Å². The van der Waals surface area contributed by atoms with Crippen LogP contribution in [0.15, 0.2) is 12.3 Å². The number of aryl methyl sites for hydroxylation is 1. The molecule has 0 radical (unpaired) electrons. The first-order valence-corrected chi connectivity index (χ1v) is 4.09. The Kier molecular flexibility index (Phi) is 2.72. The summed E-state index contributed by atoms with van der Waals surface area (Å²) in [7, 11) is 0. The smallest absolute Gasteiger partial charge is 0.352 e. The molecule has 0 saturated heterocycles. The third kappa shape index (κ3) is 2.09. The molecule has 4 nitrogen and oxygen atoms in total. The van der Waals surface area contributed by atoms with Crippen molar-refractivity contribution in [2.24, 2.45) is 0 Å². The molecule has 0 spiro atoms. The summed E-state index contributed by atoms with van der Waals surface area (Å²) in [6.07, 6.45) is 1.13. The standard InChI is InChI=1S/C9H13NO3/c1-6-3-4-10(5-7(2)11)8(6)9(12)13/h3-4,7,11H,5H2,1-2H3,(H,12,13). The van der Waals surface area contributed by atoms with E-state index >= 15 is 0 Å². The van der Waals surface area contributed by atoms with Gasteiger partial charge in [0.25, 0.3) is 0 Å². The highest BCUT2D eigenvalue weighted by Gasteiger charge is 2.13. The highest BCUT2D eigenvalue weighted by Crippen LogP contribution is 2.10. The van der Waals surface area contributed by atoms with Gasteiger partial charge >= 0.3 is 5.97 Å². The van der Waals surface area contributed by atoms with E-state index in [1.807, 2.05) is 0 Å². The summed E-state index contributed by atoms with van der Waals surface area (Å²) in [5.74, 6) is -0.955. The van der Waals surface area contributed by atoms with Crippen LogP contribution in [0.2, 0.25) is 0 Å². The number of aliphatic hydroxyl groups excluding tert-OH is 1. The summed E-state index contributed by atoms with van der Waals surface area (Å²) in [6, 6.07) is 1.73. The van der Waals surface area contributed by atoms with Gasteiger partial charge in [-0.15, -0.1) is 0 Å². The van der Waals surface area contributed by atoms with Crippen LogP contribution in [0.1, 0.15) is 23.0 Å². The summed E-state index contributed by atoms with van der Waals surface area (Å²) < 4.78 is 1.54. The number of aromatic carboxylic acids is 1. The third-order valence-electron chi connectivity index (χ3n) is 1.83. The number of carboxylic acid groups (broad SMARTS) is 1. The zero-order valence-electron chi connectivity index (χ0n) is 7.69. The first kappa shape index (κ1) is 9.80. The Hall–Kier alpha value is -1.29. The van der Waals surface area contributed by atoms with Crippen molar-refractivity contribution in [2.75, 3.05) is 0 Å². The molecule has 1 unspecified atom stereocenters. The van der Waals surface area contributed by atoms with E-state index < -0.39 is 12.1 Å². The van der Waals surface area contributed by atoms with E-state index in [-0.39, 0.29) is 5.69 Å². The van der Waals surface area contributed by atoms with Crippen LogP contribution in [0.4, 0.5) is 0 Å². The summed E-state index contributed by atoms with van der Waals surface area (Å²) in [5.41, 5.74) is 0.967. The van der Waals surface area contributed by atoms with Gasteiger partial charge in [0.05, 0.1) is 6.10 Å². The number of aliphatic hydroxyl groups is 1. The van der Waals surface area contributed by atoms with Crippen molar-refractivity contribution in [1.82, 2.24) is 4.57 Å². The van der Waals surface area contributed by atoms with Crippen molar-refractivity contribution in [1.29, 1.82) is 0 Å². The lowest BCUT2D eigenvalue weighted by Crippen LogP contribution is -2.16. The number of hydrogen-bond acceptors (Lipinski definition) is 2. The fraction of sp³-hybridized carbons (Fsp3) is 0.444. The number of rotatable bonds is 3. The molecule has 0 amide bonds. The van der Waals surface area contributed by atoms with Crippen molar-refractivity contribution in [3.05, 3.63) is 23.5 Å². The van der Waals surface area contributed by atoms with Crippen LogP contribution in [0.3, 0.4) is 0 Å². The van der Waals surface area contributed by atoms with Gasteiger partial charge in [-0.1, -0.05) is 0 Å². The average Bonchev–Trinajstić information content (AvgIpc) is 2.30. The number of carboxylic acids is 1. The van der Waals surface area contributed by atoms with E-state index in [1.165, 1.54) is 0 Å². The molecule has 1 heterocycles. The lowest BCUT2D eigenvalue weighted by atomic mass is 10.2. The van der Waals surface area contributed by atoms with E-state index in [9.17, 15) is 4.79 Å². The Morgan fingerprint density at radius 3 is 2.77 bits per heavy atom. The minimum Gasteiger partial charge on any atom is -0.477 e. The Labute approximate surface area is 76.4 Å². The Morgan fingerprint density at radius 2 is 2.31 bits per heavy atom. The van der Waals surface area contributed by atoms with E-state index in [1.54, 1.807) is 30.7 Å². The second kappa shape index (κ2) is 3.62. The number of hydrogen-bond donors (Lipinski definition) is 2. The molecule has 1 aromatic rings. The first-order valence-electron chi connectivity index (χ1n) is 4.09. The molecule has 0 saturated carbocycles. The van der Waals surface area contributed by atoms with Crippen molar-refractivity contribution in [2.45, 2.75) is 26.5 Å². The molecule has 0 aliphatic carbocycles. The largest absolute Gasteiger partial charge is 0.477 e. The molecule has 2 N–H and O–H groups in total. The fourth-order valence-corrected chi connectivity index (χ4v) is 1.31. The van der Waals surface area contributed by atoms with Crippen LogP contribution in [0, 0.1) is 6.92 Å². The van der Waals surface area contributed by atoms with Crippen LogP contribution < -0.4 is 0 Å². The molecule has 1 atom stereocenters. The number of aromatic nitrogens is 1. The predicted molar refractivity (Wildman–Crippen MR) is 47.8 cm³/mol. The number of nitrogens with zero attached hydrogens (tertiary/aromatic N) is 1. The molecule has 0 aliphatic rings. The average molecular weight is 183 g/mol. The van der Waals surface area contributed by atoms with Gasteiger partial charge in [0.1, 0.15) is 5.69 Å². The molecule has 0 fully saturated rings. The summed E-state index contributed by atoms with van der Waals surface area (Å²) in [5, 5.41) is 18.0. The van der Waals surface area contributed by atoms with Gasteiger partial charge in [0.15, 0.2) is 0 Å². The molecular formula is C9H13NO3. The Morgan fingerprint density at radius 1 is 1.69 bits per heavy atom. The Balaban J connectivity index is 3.00. The predicted octanol–water partition coefficient (Wildman–Crippen LogP) is 0.876. The van der Waals surface area contributed by atoms with Crippen molar-refractivity contribution in [3.8, 4) is 0 Å². The molecule has 13 heavy (non-hydrogen) atoms. The summed E-state index contributed by atoms with van der Waals surface area (Å²) >= 11 is 0. The number of carbonyl (C=O) groups is 1. The lowest BCUT2D eigenvalue weighted by molar-refractivity contribution is 0.0680. The normalized spacial score (nSPS) is 12.8.